The second-order valence-corrected chi connectivity index (χ2v) is 6.34. The van der Waals surface area contributed by atoms with Crippen LogP contribution >= 0.6 is 11.8 Å². The van der Waals surface area contributed by atoms with E-state index in [0.717, 1.165) is 30.8 Å². The molecule has 0 spiro atoms. The Kier molecular flexibility index (Phi) is 6.22. The number of benzene rings is 1. The first kappa shape index (κ1) is 15.9. The molecule has 0 radical (unpaired) electrons. The Morgan fingerprint density at radius 3 is 2.42 bits per heavy atom. The lowest BCUT2D eigenvalue weighted by molar-refractivity contribution is -0.147. The Morgan fingerprint density at radius 1 is 1.26 bits per heavy atom. The maximum Gasteiger partial charge on any atom is 0.309 e. The molecule has 1 aromatic carbocycles. The number of ether oxygens (including phenoxy) is 1. The molecule has 19 heavy (non-hydrogen) atoms. The zero-order valence-corrected chi connectivity index (χ0v) is 12.6. The number of hydrogen-bond donors (Lipinski definition) is 1. The number of carbonyl (C=O) groups is 1. The third-order valence-corrected chi connectivity index (χ3v) is 4.20. The lowest BCUT2D eigenvalue weighted by atomic mass is 9.88. The number of aliphatic carboxylic acids is 1. The largest absolute Gasteiger partial charge is 0.497 e. The van der Waals surface area contributed by atoms with E-state index in [4.69, 9.17) is 9.84 Å². The summed E-state index contributed by atoms with van der Waals surface area (Å²) in [5, 5.41) is 9.01. The van der Waals surface area contributed by atoms with Gasteiger partial charge in [-0.15, -0.1) is 11.8 Å². The smallest absolute Gasteiger partial charge is 0.309 e. The molecule has 0 aromatic heterocycles. The van der Waals surface area contributed by atoms with Crippen LogP contribution in [0.3, 0.4) is 0 Å². The molecule has 0 aliphatic carbocycles. The predicted molar refractivity (Wildman–Crippen MR) is 79.0 cm³/mol. The van der Waals surface area contributed by atoms with Crippen molar-refractivity contribution in [3.05, 3.63) is 24.3 Å². The van der Waals surface area contributed by atoms with Gasteiger partial charge in [0.15, 0.2) is 0 Å². The summed E-state index contributed by atoms with van der Waals surface area (Å²) in [4.78, 5) is 12.2. The van der Waals surface area contributed by atoms with Crippen LogP contribution in [0.25, 0.3) is 0 Å². The molecule has 3 nitrogen and oxygen atoms in total. The van der Waals surface area contributed by atoms with E-state index in [2.05, 4.69) is 0 Å². The third kappa shape index (κ3) is 5.55. The summed E-state index contributed by atoms with van der Waals surface area (Å²) in [5.41, 5.74) is -0.606. The van der Waals surface area contributed by atoms with Gasteiger partial charge in [-0.3, -0.25) is 4.79 Å². The molecule has 1 rings (SSSR count). The van der Waals surface area contributed by atoms with Crippen LogP contribution < -0.4 is 4.74 Å². The van der Waals surface area contributed by atoms with Crippen LogP contribution in [0.5, 0.6) is 5.75 Å². The van der Waals surface area contributed by atoms with Crippen molar-refractivity contribution < 1.29 is 14.6 Å². The normalized spacial score (nSPS) is 11.3. The minimum atomic E-state index is -0.713. The van der Waals surface area contributed by atoms with Gasteiger partial charge in [0.1, 0.15) is 5.75 Å². The summed E-state index contributed by atoms with van der Waals surface area (Å²) in [5.74, 6) is 1.17. The molecule has 0 fully saturated rings. The third-order valence-electron chi connectivity index (χ3n) is 3.10. The Morgan fingerprint density at radius 2 is 1.89 bits per heavy atom. The quantitative estimate of drug-likeness (QED) is 0.577. The SMILES string of the molecule is COc1ccc(SCCCCC(C)(C)C(=O)O)cc1. The lowest BCUT2D eigenvalue weighted by Gasteiger charge is -2.18. The maximum absolute atomic E-state index is 10.9. The van der Waals surface area contributed by atoms with Gasteiger partial charge in [0.25, 0.3) is 0 Å². The highest BCUT2D eigenvalue weighted by atomic mass is 32.2. The monoisotopic (exact) mass is 282 g/mol. The highest BCUT2D eigenvalue weighted by Crippen LogP contribution is 2.26. The van der Waals surface area contributed by atoms with Crippen molar-refractivity contribution in [3.8, 4) is 5.75 Å². The van der Waals surface area contributed by atoms with Crippen LogP contribution in [0.2, 0.25) is 0 Å². The fourth-order valence-electron chi connectivity index (χ4n) is 1.64. The van der Waals surface area contributed by atoms with Crippen molar-refractivity contribution in [2.45, 2.75) is 38.0 Å². The highest BCUT2D eigenvalue weighted by molar-refractivity contribution is 7.99. The molecule has 1 N–H and O–H groups in total. The second-order valence-electron chi connectivity index (χ2n) is 5.17. The van der Waals surface area contributed by atoms with Gasteiger partial charge in [-0.05, 0) is 56.7 Å². The first-order valence-electron chi connectivity index (χ1n) is 6.46. The minimum absolute atomic E-state index is 0.606. The first-order chi connectivity index (χ1) is 8.95. The van der Waals surface area contributed by atoms with E-state index < -0.39 is 11.4 Å². The Labute approximate surface area is 119 Å². The Hall–Kier alpha value is -1.16. The molecule has 0 aliphatic rings. The van der Waals surface area contributed by atoms with E-state index in [0.29, 0.717) is 0 Å². The van der Waals surface area contributed by atoms with Crippen LogP contribution in [0.1, 0.15) is 33.1 Å². The molecule has 0 bridgehead atoms. The molecule has 0 aliphatic heterocycles. The van der Waals surface area contributed by atoms with Crippen LogP contribution in [-0.4, -0.2) is 23.9 Å². The van der Waals surface area contributed by atoms with Gasteiger partial charge in [-0.2, -0.15) is 0 Å². The average Bonchev–Trinajstić information content (AvgIpc) is 2.38. The van der Waals surface area contributed by atoms with E-state index >= 15 is 0 Å². The summed E-state index contributed by atoms with van der Waals surface area (Å²) in [6.07, 6.45) is 2.71. The molecule has 0 saturated carbocycles. The summed E-state index contributed by atoms with van der Waals surface area (Å²) < 4.78 is 5.11. The predicted octanol–water partition coefficient (Wildman–Crippen LogP) is 4.07. The standard InChI is InChI=1S/C15H22O3S/c1-15(2,14(16)17)10-4-5-11-19-13-8-6-12(18-3)7-9-13/h6-9H,4-5,10-11H2,1-3H3,(H,16,17). The van der Waals surface area contributed by atoms with E-state index in [1.807, 2.05) is 24.3 Å². The van der Waals surface area contributed by atoms with Gasteiger partial charge in [0, 0.05) is 4.90 Å². The van der Waals surface area contributed by atoms with E-state index in [-0.39, 0.29) is 0 Å². The van der Waals surface area contributed by atoms with Crippen LogP contribution in [0.15, 0.2) is 29.2 Å². The minimum Gasteiger partial charge on any atom is -0.497 e. The topological polar surface area (TPSA) is 46.5 Å². The van der Waals surface area contributed by atoms with Crippen molar-refractivity contribution in [2.24, 2.45) is 5.41 Å². The van der Waals surface area contributed by atoms with Crippen LogP contribution in [-0.2, 0) is 4.79 Å². The van der Waals surface area contributed by atoms with E-state index in [1.54, 1.807) is 32.7 Å². The number of rotatable bonds is 8. The fraction of sp³-hybridized carbons (Fsp3) is 0.533. The fourth-order valence-corrected chi connectivity index (χ4v) is 2.55. The number of carboxylic acids is 1. The van der Waals surface area contributed by atoms with Crippen LogP contribution in [0.4, 0.5) is 0 Å². The molecule has 0 atom stereocenters. The van der Waals surface area contributed by atoms with Crippen molar-refractivity contribution in [2.75, 3.05) is 12.9 Å². The van der Waals surface area contributed by atoms with Gasteiger partial charge in [-0.1, -0.05) is 6.42 Å². The van der Waals surface area contributed by atoms with E-state index in [1.165, 1.54) is 4.90 Å². The van der Waals surface area contributed by atoms with Gasteiger partial charge in [0.05, 0.1) is 12.5 Å². The number of carboxylic acid groups (broad SMARTS) is 1. The molecule has 0 saturated heterocycles. The molecule has 4 heteroatoms. The zero-order valence-electron chi connectivity index (χ0n) is 11.8. The van der Waals surface area contributed by atoms with Crippen molar-refractivity contribution >= 4 is 17.7 Å². The molecule has 0 heterocycles. The molecular formula is C15H22O3S. The van der Waals surface area contributed by atoms with Gasteiger partial charge in [0.2, 0.25) is 0 Å². The maximum atomic E-state index is 10.9. The Bertz CT molecular complexity index is 398. The average molecular weight is 282 g/mol. The Balaban J connectivity index is 2.22. The second kappa shape index (κ2) is 7.43. The van der Waals surface area contributed by atoms with Crippen molar-refractivity contribution in [1.82, 2.24) is 0 Å². The lowest BCUT2D eigenvalue weighted by Crippen LogP contribution is -2.23. The zero-order chi connectivity index (χ0) is 14.3. The number of methoxy groups -OCH3 is 1. The van der Waals surface area contributed by atoms with Crippen molar-refractivity contribution in [1.29, 1.82) is 0 Å². The number of hydrogen-bond acceptors (Lipinski definition) is 3. The summed E-state index contributed by atoms with van der Waals surface area (Å²) in [6.45, 7) is 3.57. The molecule has 0 amide bonds. The highest BCUT2D eigenvalue weighted by Gasteiger charge is 2.25. The summed E-state index contributed by atoms with van der Waals surface area (Å²) in [6, 6.07) is 8.00. The number of thioether (sulfide) groups is 1. The number of unbranched alkanes of at least 4 members (excludes halogenated alkanes) is 1. The van der Waals surface area contributed by atoms with E-state index in [9.17, 15) is 4.79 Å². The molecular weight excluding hydrogens is 260 g/mol. The van der Waals surface area contributed by atoms with Gasteiger partial charge in [-0.25, -0.2) is 0 Å². The van der Waals surface area contributed by atoms with Gasteiger partial charge < -0.3 is 9.84 Å². The molecule has 1 aromatic rings. The van der Waals surface area contributed by atoms with Crippen LogP contribution in [0, 0.1) is 5.41 Å². The molecule has 0 unspecified atom stereocenters. The first-order valence-corrected chi connectivity index (χ1v) is 7.44. The van der Waals surface area contributed by atoms with Gasteiger partial charge >= 0.3 is 5.97 Å². The summed E-state index contributed by atoms with van der Waals surface area (Å²) >= 11 is 1.80. The summed E-state index contributed by atoms with van der Waals surface area (Å²) in [7, 11) is 1.66. The molecule has 106 valence electrons. The van der Waals surface area contributed by atoms with Crippen molar-refractivity contribution in [3.63, 3.8) is 0 Å².